The summed E-state index contributed by atoms with van der Waals surface area (Å²) in [6.45, 7) is 3.68. The maximum Gasteiger partial charge on any atom is 0.277 e. The zero-order valence-electron chi connectivity index (χ0n) is 14.1. The number of anilines is 2. The van der Waals surface area contributed by atoms with Gasteiger partial charge in [-0.15, -0.1) is 12.4 Å². The van der Waals surface area contributed by atoms with Gasteiger partial charge < -0.3 is 10.1 Å². The third-order valence-electron chi connectivity index (χ3n) is 3.96. The number of hydrogen-bond donors (Lipinski definition) is 1. The van der Waals surface area contributed by atoms with Crippen molar-refractivity contribution in [2.24, 2.45) is 0 Å². The number of para-hydroxylation sites is 3. The zero-order valence-corrected chi connectivity index (χ0v) is 15.7. The summed E-state index contributed by atoms with van der Waals surface area (Å²) >= 11 is 0. The van der Waals surface area contributed by atoms with Crippen LogP contribution in [0.1, 0.15) is 19.8 Å². The predicted octanol–water partition coefficient (Wildman–Crippen LogP) is 3.68. The second-order valence-electron chi connectivity index (χ2n) is 5.66. The van der Waals surface area contributed by atoms with E-state index in [1.165, 1.54) is 4.31 Å². The minimum Gasteiger partial charge on any atom is -0.470 e. The molecule has 1 aliphatic rings. The molecule has 136 valence electrons. The quantitative estimate of drug-likeness (QED) is 0.774. The van der Waals surface area contributed by atoms with Gasteiger partial charge >= 0.3 is 0 Å². The fourth-order valence-electron chi connectivity index (χ4n) is 2.81. The van der Waals surface area contributed by atoms with Crippen LogP contribution in [-0.4, -0.2) is 26.9 Å². The molecule has 2 aromatic rings. The number of benzene rings is 2. The Bertz CT molecular complexity index is 784. The summed E-state index contributed by atoms with van der Waals surface area (Å²) in [4.78, 5) is 0. The van der Waals surface area contributed by atoms with Crippen molar-refractivity contribution in [3.05, 3.63) is 54.6 Å². The standard InChI is InChI=1S/C18H22N2O3S.ClH/c1-2-19-14-8-13-18-23-17-12-7-6-11-16(17)20(24(18,21)22)15-9-4-3-5-10-15;/h3-7,9-12,18-19H,2,8,13-14H2,1H3;1H. The molecule has 1 N–H and O–H groups in total. The highest BCUT2D eigenvalue weighted by Gasteiger charge is 2.40. The first-order chi connectivity index (χ1) is 11.6. The molecule has 1 atom stereocenters. The molecule has 0 spiro atoms. The van der Waals surface area contributed by atoms with Gasteiger partial charge in [0.05, 0.1) is 11.4 Å². The molecule has 0 aromatic heterocycles. The van der Waals surface area contributed by atoms with E-state index < -0.39 is 15.5 Å². The van der Waals surface area contributed by atoms with E-state index in [1.807, 2.05) is 43.3 Å². The minimum absolute atomic E-state index is 0. The van der Waals surface area contributed by atoms with E-state index in [0.29, 0.717) is 23.5 Å². The van der Waals surface area contributed by atoms with Crippen LogP contribution in [-0.2, 0) is 10.0 Å². The minimum atomic E-state index is -3.63. The molecule has 25 heavy (non-hydrogen) atoms. The van der Waals surface area contributed by atoms with Gasteiger partial charge in [0.1, 0.15) is 5.75 Å². The second-order valence-corrected chi connectivity index (χ2v) is 7.58. The molecular formula is C18H23ClN2O3S. The Hall–Kier alpha value is -1.76. The molecule has 0 aliphatic carbocycles. The normalized spacial score (nSPS) is 18.0. The van der Waals surface area contributed by atoms with E-state index in [-0.39, 0.29) is 12.4 Å². The first-order valence-electron chi connectivity index (χ1n) is 8.20. The molecule has 0 fully saturated rings. The number of ether oxygens (including phenoxy) is 1. The number of halogens is 1. The first-order valence-corrected chi connectivity index (χ1v) is 9.70. The third-order valence-corrected chi connectivity index (χ3v) is 5.88. The largest absolute Gasteiger partial charge is 0.470 e. The van der Waals surface area contributed by atoms with Gasteiger partial charge in [-0.05, 0) is 43.8 Å². The molecule has 0 saturated carbocycles. The number of hydrogen-bond acceptors (Lipinski definition) is 4. The van der Waals surface area contributed by atoms with Crippen LogP contribution >= 0.6 is 12.4 Å². The fraction of sp³-hybridized carbons (Fsp3) is 0.333. The van der Waals surface area contributed by atoms with Crippen molar-refractivity contribution in [3.63, 3.8) is 0 Å². The molecule has 1 unspecified atom stereocenters. The molecule has 0 saturated heterocycles. The smallest absolute Gasteiger partial charge is 0.277 e. The van der Waals surface area contributed by atoms with Gasteiger partial charge in [0, 0.05) is 6.42 Å². The molecule has 0 radical (unpaired) electrons. The van der Waals surface area contributed by atoms with Crippen molar-refractivity contribution < 1.29 is 13.2 Å². The van der Waals surface area contributed by atoms with E-state index in [4.69, 9.17) is 4.74 Å². The second kappa shape index (κ2) is 8.56. The van der Waals surface area contributed by atoms with Crippen LogP contribution in [0.4, 0.5) is 11.4 Å². The van der Waals surface area contributed by atoms with Crippen molar-refractivity contribution in [1.29, 1.82) is 0 Å². The Morgan fingerprint density at radius 2 is 1.76 bits per heavy atom. The lowest BCUT2D eigenvalue weighted by Gasteiger charge is -2.35. The lowest BCUT2D eigenvalue weighted by atomic mass is 10.2. The van der Waals surface area contributed by atoms with E-state index in [9.17, 15) is 8.42 Å². The van der Waals surface area contributed by atoms with E-state index in [2.05, 4.69) is 5.32 Å². The van der Waals surface area contributed by atoms with Crippen molar-refractivity contribution in [1.82, 2.24) is 5.32 Å². The number of fused-ring (bicyclic) bond motifs is 1. The topological polar surface area (TPSA) is 58.6 Å². The monoisotopic (exact) mass is 382 g/mol. The zero-order chi connectivity index (χ0) is 17.0. The van der Waals surface area contributed by atoms with Crippen molar-refractivity contribution in [2.45, 2.75) is 25.2 Å². The molecule has 0 amide bonds. The first kappa shape index (κ1) is 19.6. The van der Waals surface area contributed by atoms with E-state index >= 15 is 0 Å². The Labute approximate surface area is 155 Å². The maximum absolute atomic E-state index is 13.1. The number of nitrogens with zero attached hydrogens (tertiary/aromatic N) is 1. The van der Waals surface area contributed by atoms with Gasteiger partial charge in [0.15, 0.2) is 0 Å². The molecular weight excluding hydrogens is 360 g/mol. The van der Waals surface area contributed by atoms with E-state index in [0.717, 1.165) is 19.5 Å². The number of rotatable bonds is 6. The Kier molecular flexibility index (Phi) is 6.70. The van der Waals surface area contributed by atoms with Crippen LogP contribution in [0.2, 0.25) is 0 Å². The highest BCUT2D eigenvalue weighted by molar-refractivity contribution is 7.93. The van der Waals surface area contributed by atoms with Gasteiger partial charge in [0.25, 0.3) is 10.0 Å². The average molecular weight is 383 g/mol. The van der Waals surface area contributed by atoms with Crippen LogP contribution in [0.25, 0.3) is 0 Å². The lowest BCUT2D eigenvalue weighted by Crippen LogP contribution is -2.43. The molecule has 1 aliphatic heterocycles. The predicted molar refractivity (Wildman–Crippen MR) is 103 cm³/mol. The van der Waals surface area contributed by atoms with Crippen molar-refractivity contribution >= 4 is 33.8 Å². The summed E-state index contributed by atoms with van der Waals surface area (Å²) < 4.78 is 33.5. The van der Waals surface area contributed by atoms with Gasteiger partial charge in [-0.25, -0.2) is 12.7 Å². The van der Waals surface area contributed by atoms with Gasteiger partial charge in [-0.2, -0.15) is 0 Å². The molecule has 5 nitrogen and oxygen atoms in total. The van der Waals surface area contributed by atoms with Crippen LogP contribution in [0.15, 0.2) is 54.6 Å². The third kappa shape index (κ3) is 4.08. The fourth-order valence-corrected chi connectivity index (χ4v) is 4.57. The van der Waals surface area contributed by atoms with Crippen LogP contribution in [0.5, 0.6) is 5.75 Å². The van der Waals surface area contributed by atoms with Gasteiger partial charge in [-0.3, -0.25) is 0 Å². The Balaban J connectivity index is 0.00000225. The van der Waals surface area contributed by atoms with Gasteiger partial charge in [0.2, 0.25) is 5.44 Å². The summed E-state index contributed by atoms with van der Waals surface area (Å²) in [7, 11) is -3.63. The number of nitrogens with one attached hydrogen (secondary N) is 1. The number of sulfonamides is 1. The molecule has 1 heterocycles. The highest BCUT2D eigenvalue weighted by Crippen LogP contribution is 2.42. The van der Waals surface area contributed by atoms with Gasteiger partial charge in [-0.1, -0.05) is 37.3 Å². The van der Waals surface area contributed by atoms with E-state index in [1.54, 1.807) is 18.2 Å². The van der Waals surface area contributed by atoms with Crippen LogP contribution in [0.3, 0.4) is 0 Å². The summed E-state index contributed by atoms with van der Waals surface area (Å²) in [5, 5.41) is 3.21. The summed E-state index contributed by atoms with van der Waals surface area (Å²) in [5.41, 5.74) is 0.322. The Morgan fingerprint density at radius 1 is 1.08 bits per heavy atom. The Morgan fingerprint density at radius 3 is 2.48 bits per heavy atom. The molecule has 2 aromatic carbocycles. The SMILES string of the molecule is CCNCCCC1Oc2ccccc2N(c2ccccc2)S1(=O)=O.Cl. The lowest BCUT2D eigenvalue weighted by molar-refractivity contribution is 0.254. The molecule has 3 rings (SSSR count). The molecule has 7 heteroatoms. The maximum atomic E-state index is 13.1. The summed E-state index contributed by atoms with van der Waals surface area (Å²) in [5.74, 6) is 0.602. The summed E-state index contributed by atoms with van der Waals surface area (Å²) in [6, 6.07) is 16.4. The summed E-state index contributed by atoms with van der Waals surface area (Å²) in [6.07, 6.45) is 1.19. The molecule has 0 bridgehead atoms. The average Bonchev–Trinajstić information content (AvgIpc) is 2.59. The van der Waals surface area contributed by atoms with Crippen molar-refractivity contribution in [2.75, 3.05) is 17.4 Å². The highest BCUT2D eigenvalue weighted by atomic mass is 35.5. The van der Waals surface area contributed by atoms with Crippen LogP contribution < -0.4 is 14.4 Å². The van der Waals surface area contributed by atoms with Crippen LogP contribution in [0, 0.1) is 0 Å². The van der Waals surface area contributed by atoms with Crippen molar-refractivity contribution in [3.8, 4) is 5.75 Å².